The average molecular weight is 437 g/mol. The van der Waals surface area contributed by atoms with Crippen LogP contribution in [0.15, 0.2) is 71.2 Å². The monoisotopic (exact) mass is 436 g/mol. The summed E-state index contributed by atoms with van der Waals surface area (Å²) in [5, 5.41) is 15.7. The van der Waals surface area contributed by atoms with E-state index in [4.69, 9.17) is 0 Å². The summed E-state index contributed by atoms with van der Waals surface area (Å²) in [5.74, 6) is 0. The van der Waals surface area contributed by atoms with Gasteiger partial charge in [-0.2, -0.15) is 10.2 Å². The van der Waals surface area contributed by atoms with Crippen LogP contribution in [0.1, 0.15) is 0 Å². The van der Waals surface area contributed by atoms with Gasteiger partial charge >= 0.3 is 0 Å². The van der Waals surface area contributed by atoms with E-state index in [-0.39, 0.29) is 10.3 Å². The number of rotatable bonds is 5. The first-order valence-corrected chi connectivity index (χ1v) is 11.9. The van der Waals surface area contributed by atoms with Crippen molar-refractivity contribution in [1.29, 1.82) is 0 Å². The second-order valence-corrected chi connectivity index (χ2v) is 8.86. The van der Waals surface area contributed by atoms with Gasteiger partial charge < -0.3 is 0 Å². The Kier molecular flexibility index (Phi) is 5.77. The predicted molar refractivity (Wildman–Crippen MR) is 114 cm³/mol. The van der Waals surface area contributed by atoms with Crippen molar-refractivity contribution in [2.24, 2.45) is 0 Å². The van der Waals surface area contributed by atoms with Gasteiger partial charge in [0.1, 0.15) is 0 Å². The first-order chi connectivity index (χ1) is 14.5. The lowest BCUT2D eigenvalue weighted by atomic mass is 10.0. The summed E-state index contributed by atoms with van der Waals surface area (Å²) in [4.78, 5) is 8.59. The molecule has 30 heavy (non-hydrogen) atoms. The summed E-state index contributed by atoms with van der Waals surface area (Å²) in [5.41, 5.74) is 5.04. The summed E-state index contributed by atoms with van der Waals surface area (Å²) >= 11 is 0. The summed E-state index contributed by atoms with van der Waals surface area (Å²) in [6.07, 6.45) is 6.14. The number of nitrogens with zero attached hydrogens (tertiary/aromatic N) is 6. The van der Waals surface area contributed by atoms with E-state index < -0.39 is 21.6 Å². The molecule has 0 radical (unpaired) electrons. The Labute approximate surface area is 177 Å². The smallest absolute Gasteiger partial charge is 0.239 e. The molecule has 0 fully saturated rings. The third kappa shape index (κ3) is 4.34. The molecule has 0 N–H and O–H groups in total. The Morgan fingerprint density at radius 2 is 0.900 bits per heavy atom. The first kappa shape index (κ1) is 20.0. The van der Waals surface area contributed by atoms with Crippen LogP contribution >= 0.6 is 0 Å². The predicted octanol–water partition coefficient (Wildman–Crippen LogP) is 2.53. The fourth-order valence-electron chi connectivity index (χ4n) is 2.76. The van der Waals surface area contributed by atoms with Gasteiger partial charge in [0.2, 0.25) is 10.3 Å². The fourth-order valence-corrected chi connectivity index (χ4v) is 3.54. The number of hydrogen-bond donors (Lipinski definition) is 0. The molecule has 8 nitrogen and oxygen atoms in total. The highest BCUT2D eigenvalue weighted by Gasteiger charge is 2.09. The van der Waals surface area contributed by atoms with Crippen molar-refractivity contribution in [3.8, 4) is 33.6 Å². The molecule has 4 aromatic rings. The van der Waals surface area contributed by atoms with Crippen LogP contribution < -0.4 is 0 Å². The lowest BCUT2D eigenvalue weighted by Gasteiger charge is -2.06. The van der Waals surface area contributed by atoms with Gasteiger partial charge in [0.25, 0.3) is 0 Å². The number of benzene rings is 2. The maximum absolute atomic E-state index is 11.6. The van der Waals surface area contributed by atoms with Gasteiger partial charge in [0.15, 0.2) is 0 Å². The Hall–Kier alpha value is -3.24. The minimum atomic E-state index is -1.28. The van der Waals surface area contributed by atoms with Crippen molar-refractivity contribution >= 4 is 21.6 Å². The molecular weight excluding hydrogens is 420 g/mol. The minimum Gasteiger partial charge on any atom is -0.251 e. The lowest BCUT2D eigenvalue weighted by molar-refractivity contribution is 0.674. The summed E-state index contributed by atoms with van der Waals surface area (Å²) in [7, 11) is -2.57. The minimum absolute atomic E-state index is 0.210. The molecule has 2 aromatic carbocycles. The Morgan fingerprint density at radius 3 is 1.23 bits per heavy atom. The Morgan fingerprint density at radius 1 is 0.567 bits per heavy atom. The second-order valence-electron chi connectivity index (χ2n) is 6.31. The topological polar surface area (TPSA) is 111 Å². The molecule has 0 saturated carbocycles. The van der Waals surface area contributed by atoms with Gasteiger partial charge in [0.05, 0.1) is 45.4 Å². The van der Waals surface area contributed by atoms with Gasteiger partial charge in [0, 0.05) is 23.6 Å². The standard InChI is InChI=1S/C20H16N6O2S2/c1-29(27)19-23-17(11-21-25-19)15-7-3-13(4-8-15)14-5-9-16(10-6-14)18-12-22-26-20(24-18)30(2)28/h3-12H,1-2H3. The number of hydrogen-bond acceptors (Lipinski definition) is 8. The molecule has 4 rings (SSSR count). The van der Waals surface area contributed by atoms with Crippen molar-refractivity contribution < 1.29 is 8.42 Å². The van der Waals surface area contributed by atoms with Crippen LogP contribution in [0.3, 0.4) is 0 Å². The summed E-state index contributed by atoms with van der Waals surface area (Å²) < 4.78 is 23.1. The van der Waals surface area contributed by atoms with Crippen molar-refractivity contribution in [2.75, 3.05) is 12.5 Å². The van der Waals surface area contributed by atoms with Crippen LogP contribution in [0, 0.1) is 0 Å². The van der Waals surface area contributed by atoms with Crippen molar-refractivity contribution in [3.63, 3.8) is 0 Å². The van der Waals surface area contributed by atoms with Gasteiger partial charge in [-0.15, -0.1) is 10.2 Å². The molecule has 0 saturated heterocycles. The van der Waals surface area contributed by atoms with Crippen LogP contribution in [0.4, 0.5) is 0 Å². The van der Waals surface area contributed by atoms with E-state index in [1.54, 1.807) is 12.4 Å². The maximum Gasteiger partial charge on any atom is 0.239 e. The molecule has 0 amide bonds. The molecule has 150 valence electrons. The Balaban J connectivity index is 1.58. The number of aromatic nitrogens is 6. The molecular formula is C20H16N6O2S2. The SMILES string of the molecule is CS(=O)c1nncc(-c2ccc(-c3ccc(-c4cnnc(S(C)=O)n4)cc3)cc2)n1. The maximum atomic E-state index is 11.6. The van der Waals surface area contributed by atoms with Crippen LogP contribution in [-0.2, 0) is 21.6 Å². The van der Waals surface area contributed by atoms with Gasteiger partial charge in [-0.25, -0.2) is 9.97 Å². The molecule has 2 atom stereocenters. The van der Waals surface area contributed by atoms with E-state index in [1.165, 1.54) is 12.5 Å². The molecule has 0 spiro atoms. The molecule has 0 aliphatic carbocycles. The third-order valence-corrected chi connectivity index (χ3v) is 5.66. The quantitative estimate of drug-likeness (QED) is 0.469. The van der Waals surface area contributed by atoms with Gasteiger partial charge in [-0.3, -0.25) is 8.42 Å². The van der Waals surface area contributed by atoms with E-state index >= 15 is 0 Å². The largest absolute Gasteiger partial charge is 0.251 e. The van der Waals surface area contributed by atoms with Crippen LogP contribution in [-0.4, -0.2) is 51.3 Å². The van der Waals surface area contributed by atoms with E-state index in [9.17, 15) is 8.42 Å². The molecule has 2 heterocycles. The molecule has 0 aliphatic heterocycles. The zero-order valence-corrected chi connectivity index (χ0v) is 17.7. The second kappa shape index (κ2) is 8.64. The highest BCUT2D eigenvalue weighted by molar-refractivity contribution is 7.84. The summed E-state index contributed by atoms with van der Waals surface area (Å²) in [6, 6.07) is 15.7. The zero-order valence-electron chi connectivity index (χ0n) is 16.1. The van der Waals surface area contributed by atoms with Crippen molar-refractivity contribution in [3.05, 3.63) is 60.9 Å². The Bertz CT molecular complexity index is 1150. The van der Waals surface area contributed by atoms with Crippen LogP contribution in [0.25, 0.3) is 33.6 Å². The summed E-state index contributed by atoms with van der Waals surface area (Å²) in [6.45, 7) is 0. The highest BCUT2D eigenvalue weighted by Crippen LogP contribution is 2.26. The van der Waals surface area contributed by atoms with E-state index in [2.05, 4.69) is 30.4 Å². The van der Waals surface area contributed by atoms with Crippen LogP contribution in [0.2, 0.25) is 0 Å². The zero-order chi connectivity index (χ0) is 21.1. The normalized spacial score (nSPS) is 13.0. The van der Waals surface area contributed by atoms with Crippen LogP contribution in [0.5, 0.6) is 0 Å². The highest BCUT2D eigenvalue weighted by atomic mass is 32.2. The first-order valence-electron chi connectivity index (χ1n) is 8.79. The molecule has 0 bridgehead atoms. The van der Waals surface area contributed by atoms with E-state index in [0.717, 1.165) is 22.3 Å². The lowest BCUT2D eigenvalue weighted by Crippen LogP contribution is -2.00. The van der Waals surface area contributed by atoms with E-state index in [0.29, 0.717) is 11.4 Å². The van der Waals surface area contributed by atoms with E-state index in [1.807, 2.05) is 48.5 Å². The van der Waals surface area contributed by atoms with Crippen molar-refractivity contribution in [1.82, 2.24) is 30.4 Å². The molecule has 2 unspecified atom stereocenters. The van der Waals surface area contributed by atoms with Gasteiger partial charge in [-0.05, 0) is 11.1 Å². The third-order valence-electron chi connectivity index (χ3n) is 4.29. The van der Waals surface area contributed by atoms with Crippen molar-refractivity contribution in [2.45, 2.75) is 10.3 Å². The molecule has 10 heteroatoms. The average Bonchev–Trinajstić information content (AvgIpc) is 2.79. The van der Waals surface area contributed by atoms with Gasteiger partial charge in [-0.1, -0.05) is 48.5 Å². The fraction of sp³-hybridized carbons (Fsp3) is 0.100. The molecule has 0 aliphatic rings. The molecule has 2 aromatic heterocycles.